The molecule has 6 heteroatoms. The standard InChI is InChI=1S/C7H11NO4S/c1-4(6(9)10)2-13-3-5(8)7(11)12/h5H,1-3,8H2,(H,9,10)(H,11,12)/t5-/m0/s1. The number of rotatable bonds is 6. The lowest BCUT2D eigenvalue weighted by Gasteiger charge is -2.05. The lowest BCUT2D eigenvalue weighted by molar-refractivity contribution is -0.138. The smallest absolute Gasteiger partial charge is 0.331 e. The minimum Gasteiger partial charge on any atom is -0.480 e. The molecule has 0 unspecified atom stereocenters. The molecule has 0 saturated heterocycles. The van der Waals surface area contributed by atoms with E-state index in [9.17, 15) is 9.59 Å². The Kier molecular flexibility index (Phi) is 5.17. The monoisotopic (exact) mass is 205 g/mol. The molecule has 0 aromatic carbocycles. The van der Waals surface area contributed by atoms with Gasteiger partial charge in [0.2, 0.25) is 0 Å². The molecule has 0 amide bonds. The third kappa shape index (κ3) is 5.26. The van der Waals surface area contributed by atoms with Crippen LogP contribution in [-0.2, 0) is 9.59 Å². The van der Waals surface area contributed by atoms with Crippen molar-refractivity contribution >= 4 is 23.7 Å². The van der Waals surface area contributed by atoms with Crippen LogP contribution < -0.4 is 5.73 Å². The highest BCUT2D eigenvalue weighted by Crippen LogP contribution is 2.07. The zero-order valence-electron chi connectivity index (χ0n) is 6.90. The summed E-state index contributed by atoms with van der Waals surface area (Å²) in [6.07, 6.45) is 0. The lowest BCUT2D eigenvalue weighted by Crippen LogP contribution is -2.32. The number of carbonyl (C=O) groups is 2. The summed E-state index contributed by atoms with van der Waals surface area (Å²) in [6.45, 7) is 3.29. The molecule has 0 spiro atoms. The van der Waals surface area contributed by atoms with Crippen LogP contribution in [0.25, 0.3) is 0 Å². The number of thioether (sulfide) groups is 1. The van der Waals surface area contributed by atoms with Crippen LogP contribution in [0.1, 0.15) is 0 Å². The van der Waals surface area contributed by atoms with E-state index in [1.54, 1.807) is 0 Å². The summed E-state index contributed by atoms with van der Waals surface area (Å²) in [5, 5.41) is 16.8. The predicted molar refractivity (Wildman–Crippen MR) is 49.7 cm³/mol. The van der Waals surface area contributed by atoms with Gasteiger partial charge in [-0.3, -0.25) is 4.79 Å². The first-order valence-corrected chi connectivity index (χ1v) is 4.57. The molecule has 1 atom stereocenters. The number of hydrogen-bond donors (Lipinski definition) is 3. The van der Waals surface area contributed by atoms with Crippen molar-refractivity contribution in [3.05, 3.63) is 12.2 Å². The first-order chi connectivity index (χ1) is 5.95. The number of carboxylic acid groups (broad SMARTS) is 2. The molecule has 74 valence electrons. The predicted octanol–water partition coefficient (Wildman–Crippen LogP) is -0.228. The van der Waals surface area contributed by atoms with Gasteiger partial charge < -0.3 is 15.9 Å². The Balaban J connectivity index is 3.62. The van der Waals surface area contributed by atoms with Gasteiger partial charge in [-0.25, -0.2) is 4.79 Å². The van der Waals surface area contributed by atoms with Gasteiger partial charge >= 0.3 is 11.9 Å². The minimum absolute atomic E-state index is 0.0441. The molecule has 0 radical (unpaired) electrons. The molecule has 0 aromatic heterocycles. The highest BCUT2D eigenvalue weighted by molar-refractivity contribution is 7.99. The van der Waals surface area contributed by atoms with Gasteiger partial charge in [-0.1, -0.05) is 6.58 Å². The van der Waals surface area contributed by atoms with Crippen LogP contribution in [0, 0.1) is 0 Å². The van der Waals surface area contributed by atoms with Crippen LogP contribution in [0.3, 0.4) is 0 Å². The summed E-state index contributed by atoms with van der Waals surface area (Å²) in [4.78, 5) is 20.5. The SMILES string of the molecule is C=C(CSC[C@H](N)C(=O)O)C(=O)O. The fraction of sp³-hybridized carbons (Fsp3) is 0.429. The largest absolute Gasteiger partial charge is 0.480 e. The number of aliphatic carboxylic acids is 2. The van der Waals surface area contributed by atoms with E-state index in [0.29, 0.717) is 0 Å². The third-order valence-electron chi connectivity index (χ3n) is 1.19. The molecule has 0 rings (SSSR count). The summed E-state index contributed by atoms with van der Waals surface area (Å²) in [7, 11) is 0. The van der Waals surface area contributed by atoms with E-state index in [2.05, 4.69) is 6.58 Å². The molecular formula is C7H11NO4S. The molecule has 5 nitrogen and oxygen atoms in total. The van der Waals surface area contributed by atoms with Gasteiger partial charge in [-0.05, 0) is 0 Å². The maximum absolute atomic E-state index is 10.2. The second kappa shape index (κ2) is 5.60. The Hall–Kier alpha value is -1.01. The third-order valence-corrected chi connectivity index (χ3v) is 2.34. The van der Waals surface area contributed by atoms with E-state index in [0.717, 1.165) is 11.8 Å². The van der Waals surface area contributed by atoms with Crippen molar-refractivity contribution in [2.45, 2.75) is 6.04 Å². The molecule has 0 heterocycles. The van der Waals surface area contributed by atoms with Crippen molar-refractivity contribution in [2.75, 3.05) is 11.5 Å². The second-order valence-electron chi connectivity index (χ2n) is 2.37. The average molecular weight is 205 g/mol. The summed E-state index contributed by atoms with van der Waals surface area (Å²) >= 11 is 1.14. The maximum Gasteiger partial charge on any atom is 0.331 e. The first-order valence-electron chi connectivity index (χ1n) is 3.42. The van der Waals surface area contributed by atoms with Gasteiger partial charge in [-0.2, -0.15) is 11.8 Å². The van der Waals surface area contributed by atoms with E-state index in [1.807, 2.05) is 0 Å². The number of hydrogen-bond acceptors (Lipinski definition) is 4. The van der Waals surface area contributed by atoms with Gasteiger partial charge in [-0.15, -0.1) is 0 Å². The van der Waals surface area contributed by atoms with Gasteiger partial charge in [0.05, 0.1) is 0 Å². The molecule has 0 aliphatic carbocycles. The van der Waals surface area contributed by atoms with Gasteiger partial charge in [0.25, 0.3) is 0 Å². The Morgan fingerprint density at radius 1 is 1.46 bits per heavy atom. The molecule has 0 aromatic rings. The van der Waals surface area contributed by atoms with Crippen LogP contribution >= 0.6 is 11.8 Å². The van der Waals surface area contributed by atoms with Crippen LogP contribution in [0.5, 0.6) is 0 Å². The fourth-order valence-corrected chi connectivity index (χ4v) is 1.33. The Bertz CT molecular complexity index is 229. The zero-order chi connectivity index (χ0) is 10.4. The number of nitrogens with two attached hydrogens (primary N) is 1. The molecule has 0 bridgehead atoms. The van der Waals surface area contributed by atoms with E-state index >= 15 is 0 Å². The van der Waals surface area contributed by atoms with E-state index in [1.165, 1.54) is 0 Å². The molecular weight excluding hydrogens is 194 g/mol. The van der Waals surface area contributed by atoms with Crippen LogP contribution in [0.4, 0.5) is 0 Å². The van der Waals surface area contributed by atoms with Gasteiger partial charge in [0, 0.05) is 17.1 Å². The van der Waals surface area contributed by atoms with Crippen molar-refractivity contribution < 1.29 is 19.8 Å². The van der Waals surface area contributed by atoms with Gasteiger partial charge in [0.15, 0.2) is 0 Å². The second-order valence-corrected chi connectivity index (χ2v) is 3.40. The van der Waals surface area contributed by atoms with Crippen molar-refractivity contribution in [2.24, 2.45) is 5.73 Å². The summed E-state index contributed by atoms with van der Waals surface area (Å²) in [5.41, 5.74) is 5.23. The summed E-state index contributed by atoms with van der Waals surface area (Å²) in [5.74, 6) is -1.79. The van der Waals surface area contributed by atoms with Crippen molar-refractivity contribution in [3.8, 4) is 0 Å². The molecule has 0 aliphatic rings. The molecule has 0 aliphatic heterocycles. The molecule has 13 heavy (non-hydrogen) atoms. The fourth-order valence-electron chi connectivity index (χ4n) is 0.442. The molecule has 0 fully saturated rings. The van der Waals surface area contributed by atoms with Crippen LogP contribution in [0.2, 0.25) is 0 Å². The van der Waals surface area contributed by atoms with E-state index in [4.69, 9.17) is 15.9 Å². The quantitative estimate of drug-likeness (QED) is 0.518. The summed E-state index contributed by atoms with van der Waals surface area (Å²) in [6, 6.07) is -0.952. The highest BCUT2D eigenvalue weighted by atomic mass is 32.2. The van der Waals surface area contributed by atoms with Crippen LogP contribution in [-0.4, -0.2) is 39.7 Å². The Labute approximate surface area is 79.6 Å². The molecule has 0 saturated carbocycles. The minimum atomic E-state index is -1.09. The Morgan fingerprint density at radius 3 is 2.38 bits per heavy atom. The average Bonchev–Trinajstić information content (AvgIpc) is 2.03. The topological polar surface area (TPSA) is 101 Å². The van der Waals surface area contributed by atoms with Crippen LogP contribution in [0.15, 0.2) is 12.2 Å². The normalized spacial score (nSPS) is 12.1. The van der Waals surface area contributed by atoms with Crippen molar-refractivity contribution in [3.63, 3.8) is 0 Å². The maximum atomic E-state index is 10.2. The highest BCUT2D eigenvalue weighted by Gasteiger charge is 2.12. The van der Waals surface area contributed by atoms with Gasteiger partial charge in [0.1, 0.15) is 6.04 Å². The zero-order valence-corrected chi connectivity index (χ0v) is 7.71. The number of carboxylic acids is 2. The van der Waals surface area contributed by atoms with Crippen molar-refractivity contribution in [1.29, 1.82) is 0 Å². The Morgan fingerprint density at radius 2 is 2.00 bits per heavy atom. The van der Waals surface area contributed by atoms with Crippen molar-refractivity contribution in [1.82, 2.24) is 0 Å². The lowest BCUT2D eigenvalue weighted by atomic mass is 10.4. The first kappa shape index (κ1) is 12.0. The molecule has 4 N–H and O–H groups in total. The van der Waals surface area contributed by atoms with E-state index in [-0.39, 0.29) is 17.1 Å². The summed E-state index contributed by atoms with van der Waals surface area (Å²) < 4.78 is 0. The van der Waals surface area contributed by atoms with E-state index < -0.39 is 18.0 Å².